The number of aldehydes is 1. The zero-order valence-electron chi connectivity index (χ0n) is 4.64. The molecule has 1 rings (SSSR count). The van der Waals surface area contributed by atoms with Crippen molar-refractivity contribution in [1.29, 1.82) is 0 Å². The van der Waals surface area contributed by atoms with Gasteiger partial charge in [0.1, 0.15) is 6.29 Å². The van der Waals surface area contributed by atoms with Crippen LogP contribution in [-0.4, -0.2) is 11.1 Å². The maximum Gasteiger partial charge on any atom is 0.133 e. The first kappa shape index (κ1) is 6.27. The third kappa shape index (κ3) is 1.95. The smallest absolute Gasteiger partial charge is 0.133 e. The van der Waals surface area contributed by atoms with E-state index in [9.17, 15) is 4.79 Å². The minimum absolute atomic E-state index is 0.120. The summed E-state index contributed by atoms with van der Waals surface area (Å²) in [6, 6.07) is 0. The molecule has 0 aromatic carbocycles. The second-order valence-corrected chi connectivity index (χ2v) is 3.51. The zero-order valence-corrected chi connectivity index (χ0v) is 6.23. The number of carbonyl (C=O) groups excluding carboxylic acids is 1. The molecule has 1 aliphatic carbocycles. The van der Waals surface area contributed by atoms with Gasteiger partial charge in [0, 0.05) is 0 Å². The molecule has 1 saturated carbocycles. The number of hydrogen-bond donors (Lipinski definition) is 0. The molecule has 1 fully saturated rings. The van der Waals surface area contributed by atoms with Crippen LogP contribution in [-0.2, 0) is 4.79 Å². The molecule has 46 valence electrons. The van der Waals surface area contributed by atoms with Crippen molar-refractivity contribution in [1.82, 2.24) is 0 Å². The minimum atomic E-state index is 0.120. The molecule has 0 aromatic heterocycles. The molecule has 0 aromatic rings. The maximum absolute atomic E-state index is 10.0. The Morgan fingerprint density at radius 3 is 2.75 bits per heavy atom. The van der Waals surface area contributed by atoms with Crippen LogP contribution in [0.15, 0.2) is 0 Å². The van der Waals surface area contributed by atoms with Gasteiger partial charge in [0.15, 0.2) is 0 Å². The van der Waals surface area contributed by atoms with Crippen molar-refractivity contribution in [2.45, 2.75) is 24.1 Å². The fourth-order valence-electron chi connectivity index (χ4n) is 0.728. The van der Waals surface area contributed by atoms with E-state index >= 15 is 0 Å². The topological polar surface area (TPSA) is 17.1 Å². The summed E-state index contributed by atoms with van der Waals surface area (Å²) in [7, 11) is 0. The lowest BCUT2D eigenvalue weighted by Gasteiger charge is -1.94. The monoisotopic (exact) mass is 176 g/mol. The zero-order chi connectivity index (χ0) is 5.98. The highest BCUT2D eigenvalue weighted by atomic mass is 79.9. The minimum Gasteiger partial charge on any atom is -0.302 e. The van der Waals surface area contributed by atoms with Crippen molar-refractivity contribution in [2.75, 3.05) is 0 Å². The predicted molar refractivity (Wildman–Crippen MR) is 36.1 cm³/mol. The van der Waals surface area contributed by atoms with Crippen LogP contribution in [0.25, 0.3) is 0 Å². The van der Waals surface area contributed by atoms with Gasteiger partial charge in [0.05, 0.1) is 4.83 Å². The molecule has 0 radical (unpaired) electrons. The van der Waals surface area contributed by atoms with Gasteiger partial charge in [-0.15, -0.1) is 0 Å². The molecule has 1 aliphatic rings. The van der Waals surface area contributed by atoms with E-state index in [0.717, 1.165) is 18.6 Å². The van der Waals surface area contributed by atoms with Gasteiger partial charge in [0.2, 0.25) is 0 Å². The Balaban J connectivity index is 2.06. The van der Waals surface area contributed by atoms with Crippen molar-refractivity contribution >= 4 is 22.2 Å². The lowest BCUT2D eigenvalue weighted by Crippen LogP contribution is -1.98. The van der Waals surface area contributed by atoms with Gasteiger partial charge in [-0.3, -0.25) is 0 Å². The molecular weight excluding hydrogens is 168 g/mol. The summed E-state index contributed by atoms with van der Waals surface area (Å²) in [4.78, 5) is 10.1. The third-order valence-corrected chi connectivity index (χ3v) is 1.99. The highest BCUT2D eigenvalue weighted by Gasteiger charge is 2.23. The van der Waals surface area contributed by atoms with E-state index in [1.165, 1.54) is 12.8 Å². The Kier molecular flexibility index (Phi) is 2.06. The number of hydrogen-bond acceptors (Lipinski definition) is 1. The second-order valence-electron chi connectivity index (χ2n) is 2.33. The van der Waals surface area contributed by atoms with Crippen molar-refractivity contribution in [3.8, 4) is 0 Å². The van der Waals surface area contributed by atoms with E-state index < -0.39 is 0 Å². The Bertz CT molecular complexity index is 88.5. The quantitative estimate of drug-likeness (QED) is 0.474. The van der Waals surface area contributed by atoms with Crippen molar-refractivity contribution in [2.24, 2.45) is 5.92 Å². The number of rotatable bonds is 3. The molecule has 0 bridgehead atoms. The number of halogens is 1. The molecule has 0 saturated heterocycles. The molecule has 0 N–H and O–H groups in total. The van der Waals surface area contributed by atoms with E-state index in [4.69, 9.17) is 0 Å². The van der Waals surface area contributed by atoms with Crippen molar-refractivity contribution in [3.05, 3.63) is 0 Å². The maximum atomic E-state index is 10.0. The Hall–Kier alpha value is 0.150. The van der Waals surface area contributed by atoms with Crippen molar-refractivity contribution in [3.63, 3.8) is 0 Å². The van der Waals surface area contributed by atoms with Crippen molar-refractivity contribution < 1.29 is 4.79 Å². The van der Waals surface area contributed by atoms with Gasteiger partial charge in [-0.1, -0.05) is 28.8 Å². The molecule has 8 heavy (non-hydrogen) atoms. The highest BCUT2D eigenvalue weighted by Crippen LogP contribution is 2.34. The van der Waals surface area contributed by atoms with Gasteiger partial charge in [-0.25, -0.2) is 0 Å². The Labute approximate surface area is 57.6 Å². The average molecular weight is 177 g/mol. The molecule has 1 atom stereocenters. The summed E-state index contributed by atoms with van der Waals surface area (Å²) in [6.45, 7) is 0. The third-order valence-electron chi connectivity index (χ3n) is 1.40. The van der Waals surface area contributed by atoms with Gasteiger partial charge < -0.3 is 4.79 Å². The van der Waals surface area contributed by atoms with Crippen LogP contribution in [0.2, 0.25) is 0 Å². The van der Waals surface area contributed by atoms with E-state index in [1.54, 1.807) is 0 Å². The predicted octanol–water partition coefficient (Wildman–Crippen LogP) is 1.75. The Morgan fingerprint density at radius 1 is 1.75 bits per heavy atom. The van der Waals surface area contributed by atoms with Crippen LogP contribution >= 0.6 is 15.9 Å². The van der Waals surface area contributed by atoms with Gasteiger partial charge in [0.25, 0.3) is 0 Å². The molecule has 0 amide bonds. The molecule has 2 heteroatoms. The Morgan fingerprint density at radius 2 is 2.38 bits per heavy atom. The number of alkyl halides is 1. The summed E-state index contributed by atoms with van der Waals surface area (Å²) in [5.74, 6) is 0.851. The fourth-order valence-corrected chi connectivity index (χ4v) is 1.26. The molecular formula is C6H9BrO. The first-order valence-corrected chi connectivity index (χ1v) is 3.84. The first-order chi connectivity index (χ1) is 3.83. The summed E-state index contributed by atoms with van der Waals surface area (Å²) in [5.41, 5.74) is 0. The summed E-state index contributed by atoms with van der Waals surface area (Å²) < 4.78 is 0. The summed E-state index contributed by atoms with van der Waals surface area (Å²) in [6.07, 6.45) is 4.67. The fraction of sp³-hybridized carbons (Fsp3) is 0.833. The molecule has 1 unspecified atom stereocenters. The van der Waals surface area contributed by atoms with Crippen LogP contribution in [0.5, 0.6) is 0 Å². The van der Waals surface area contributed by atoms with Crippen LogP contribution in [0, 0.1) is 5.92 Å². The first-order valence-electron chi connectivity index (χ1n) is 2.92. The molecule has 0 aliphatic heterocycles. The molecule has 0 spiro atoms. The van der Waals surface area contributed by atoms with Crippen LogP contribution < -0.4 is 0 Å². The number of carbonyl (C=O) groups is 1. The van der Waals surface area contributed by atoms with Gasteiger partial charge in [-0.2, -0.15) is 0 Å². The standard InChI is InChI=1S/C6H9BrO/c7-6(4-8)3-5-1-2-5/h4-6H,1-3H2. The van der Waals surface area contributed by atoms with Crippen LogP contribution in [0.1, 0.15) is 19.3 Å². The van der Waals surface area contributed by atoms with E-state index in [1.807, 2.05) is 0 Å². The second kappa shape index (κ2) is 2.62. The highest BCUT2D eigenvalue weighted by molar-refractivity contribution is 9.09. The van der Waals surface area contributed by atoms with Gasteiger partial charge >= 0.3 is 0 Å². The van der Waals surface area contributed by atoms with Crippen LogP contribution in [0.4, 0.5) is 0 Å². The average Bonchev–Trinajstić information content (AvgIpc) is 2.50. The van der Waals surface area contributed by atoms with E-state index in [0.29, 0.717) is 0 Å². The normalized spacial score (nSPS) is 22.6. The SMILES string of the molecule is O=CC(Br)CC1CC1. The largest absolute Gasteiger partial charge is 0.302 e. The lowest BCUT2D eigenvalue weighted by molar-refractivity contribution is -0.107. The molecule has 1 nitrogen and oxygen atoms in total. The van der Waals surface area contributed by atoms with E-state index in [2.05, 4.69) is 15.9 Å². The lowest BCUT2D eigenvalue weighted by atomic mass is 10.2. The van der Waals surface area contributed by atoms with Gasteiger partial charge in [-0.05, 0) is 12.3 Å². The van der Waals surface area contributed by atoms with Crippen LogP contribution in [0.3, 0.4) is 0 Å². The van der Waals surface area contributed by atoms with E-state index in [-0.39, 0.29) is 4.83 Å². The summed E-state index contributed by atoms with van der Waals surface area (Å²) >= 11 is 3.25. The molecule has 0 heterocycles. The summed E-state index contributed by atoms with van der Waals surface area (Å²) in [5, 5.41) is 0.